The lowest BCUT2D eigenvalue weighted by molar-refractivity contribution is -0.128. The van der Waals surface area contributed by atoms with Crippen molar-refractivity contribution in [1.29, 1.82) is 5.26 Å². The smallest absolute Gasteiger partial charge is 0.321 e. The number of likely N-dealkylation sites (tertiary alicyclic amines) is 1. The Labute approximate surface area is 267 Å². The van der Waals surface area contributed by atoms with E-state index in [9.17, 15) is 18.8 Å². The van der Waals surface area contributed by atoms with Crippen LogP contribution in [0, 0.1) is 18.3 Å². The van der Waals surface area contributed by atoms with Crippen LogP contribution in [0.5, 0.6) is 5.88 Å². The summed E-state index contributed by atoms with van der Waals surface area (Å²) < 4.78 is 32.9. The molecule has 1 aromatic carbocycles. The number of carbonyl (C=O) groups excluding carboxylic acids is 1. The van der Waals surface area contributed by atoms with Crippen molar-refractivity contribution in [2.75, 3.05) is 38.2 Å². The fourth-order valence-electron chi connectivity index (χ4n) is 7.19. The second kappa shape index (κ2) is 12.7. The van der Waals surface area contributed by atoms with Gasteiger partial charge in [0, 0.05) is 59.4 Å². The molecular weight excluding hydrogens is 663 g/mol. The predicted octanol–water partition coefficient (Wildman–Crippen LogP) is 6.10. The lowest BCUT2D eigenvalue weighted by Gasteiger charge is -2.46. The number of benzene rings is 1. The minimum absolute atomic E-state index is 0.0571. The number of alkyl halides is 3. The van der Waals surface area contributed by atoms with Crippen molar-refractivity contribution < 1.29 is 18.3 Å². The fraction of sp³-hybridized carbons (Fsp3) is 0.545. The van der Waals surface area contributed by atoms with Gasteiger partial charge in [-0.15, -0.1) is 0 Å². The number of nitriles is 1. The average Bonchev–Trinajstić information content (AvgIpc) is 3.39. The van der Waals surface area contributed by atoms with Gasteiger partial charge in [0.1, 0.15) is 18.2 Å². The molecule has 7 nitrogen and oxygen atoms in total. The lowest BCUT2D eigenvalue weighted by atomic mass is 9.78. The van der Waals surface area contributed by atoms with Crippen LogP contribution < -0.4 is 9.64 Å². The Bertz CT molecular complexity index is 1440. The van der Waals surface area contributed by atoms with Crippen molar-refractivity contribution in [1.82, 2.24) is 14.8 Å². The van der Waals surface area contributed by atoms with Gasteiger partial charge in [-0.25, -0.2) is 4.98 Å². The minimum Gasteiger partial charge on any atom is -0.475 e. The van der Waals surface area contributed by atoms with Crippen LogP contribution in [0.3, 0.4) is 0 Å². The lowest BCUT2D eigenvalue weighted by Crippen LogP contribution is -2.58. The number of rotatable bonds is 7. The zero-order chi connectivity index (χ0) is 31.1. The summed E-state index contributed by atoms with van der Waals surface area (Å²) in [5.74, 6) is 0.0700. The molecule has 5 rings (SSSR count). The van der Waals surface area contributed by atoms with E-state index < -0.39 is 3.93 Å². The van der Waals surface area contributed by atoms with Crippen molar-refractivity contribution in [2.24, 2.45) is 0 Å². The first-order chi connectivity index (χ1) is 20.4. The molecule has 3 heterocycles. The van der Waals surface area contributed by atoms with E-state index in [1.165, 1.54) is 34.7 Å². The Balaban J connectivity index is 1.58. The van der Waals surface area contributed by atoms with Crippen LogP contribution in [0.25, 0.3) is 0 Å². The number of halogens is 3. The summed E-state index contributed by atoms with van der Waals surface area (Å²) in [7, 11) is 2.08. The third kappa shape index (κ3) is 6.25. The standard InChI is InChI=1S/C33H40F2IN5O2/c1-6-29(42)40-17-22(4)41(18-21(40)3)31-25-13-12-23(30-20(2)9-7-11-27(30)33(34,35)36)15-28(25)38-32(26(31)16-37)43-19-24-10-8-14-39(24)5/h6-7,9,11,21-24H,1,8,10,12-15,17-19H2,2-5H3/t21-,22+,23?,24+/m1/s1. The molecule has 10 heteroatoms. The number of fused-ring (bicyclic) bond motifs is 1. The van der Waals surface area contributed by atoms with Gasteiger partial charge in [-0.3, -0.25) is 4.79 Å². The monoisotopic (exact) mass is 703 g/mol. The number of aryl methyl sites for hydroxylation is 1. The molecule has 0 bridgehead atoms. The molecule has 1 aliphatic carbocycles. The molecule has 1 amide bonds. The average molecular weight is 704 g/mol. The van der Waals surface area contributed by atoms with Crippen LogP contribution >= 0.6 is 22.6 Å². The number of ether oxygens (including phenoxy) is 1. The Morgan fingerprint density at radius 1 is 1.28 bits per heavy atom. The number of hydrogen-bond donors (Lipinski definition) is 0. The summed E-state index contributed by atoms with van der Waals surface area (Å²) >= 11 is 1.22. The summed E-state index contributed by atoms with van der Waals surface area (Å²) in [5, 5.41) is 10.5. The Kier molecular flexibility index (Phi) is 9.33. The van der Waals surface area contributed by atoms with Gasteiger partial charge >= 0.3 is 3.93 Å². The Morgan fingerprint density at radius 2 is 2.05 bits per heavy atom. The number of anilines is 1. The minimum atomic E-state index is -2.99. The van der Waals surface area contributed by atoms with Gasteiger partial charge in [0.05, 0.1) is 11.4 Å². The first-order valence-electron chi connectivity index (χ1n) is 15.1. The van der Waals surface area contributed by atoms with E-state index in [4.69, 9.17) is 9.72 Å². The van der Waals surface area contributed by atoms with Gasteiger partial charge in [-0.2, -0.15) is 14.0 Å². The third-order valence-corrected chi connectivity index (χ3v) is 10.0. The van der Waals surface area contributed by atoms with Crippen molar-refractivity contribution in [2.45, 2.75) is 80.8 Å². The van der Waals surface area contributed by atoms with Crippen molar-refractivity contribution in [3.05, 3.63) is 64.4 Å². The van der Waals surface area contributed by atoms with Crippen LogP contribution in [0.2, 0.25) is 0 Å². The number of carbonyl (C=O) groups is 1. The maximum atomic E-state index is 14.8. The SMILES string of the molecule is C=CC(=O)N1C[C@H](C)N(c2c(C#N)c(OC[C@@H]3CCCN3C)nc3c2CCC(c2c(C)cccc2C(F)(F)I)C3)C[C@H]1C. The van der Waals surface area contributed by atoms with Crippen molar-refractivity contribution in [3.63, 3.8) is 0 Å². The molecule has 43 heavy (non-hydrogen) atoms. The number of amides is 1. The molecule has 3 aliphatic rings. The summed E-state index contributed by atoms with van der Waals surface area (Å²) in [4.78, 5) is 23.8. The third-order valence-electron chi connectivity index (χ3n) is 9.47. The number of hydrogen-bond acceptors (Lipinski definition) is 6. The highest BCUT2D eigenvalue weighted by molar-refractivity contribution is 14.1. The van der Waals surface area contributed by atoms with Gasteiger partial charge < -0.3 is 19.4 Å². The topological polar surface area (TPSA) is 72.7 Å². The highest BCUT2D eigenvalue weighted by atomic mass is 127. The van der Waals surface area contributed by atoms with Crippen LogP contribution in [0.15, 0.2) is 30.9 Å². The largest absolute Gasteiger partial charge is 0.475 e. The van der Waals surface area contributed by atoms with Crippen molar-refractivity contribution in [3.8, 4) is 11.9 Å². The van der Waals surface area contributed by atoms with E-state index in [2.05, 4.69) is 36.4 Å². The highest BCUT2D eigenvalue weighted by Gasteiger charge is 2.39. The fourth-order valence-corrected chi connectivity index (χ4v) is 7.66. The first kappa shape index (κ1) is 31.6. The zero-order valence-electron chi connectivity index (χ0n) is 25.4. The van der Waals surface area contributed by atoms with Crippen molar-refractivity contribution >= 4 is 34.2 Å². The maximum Gasteiger partial charge on any atom is 0.321 e. The molecular formula is C33H40F2IN5O2. The quantitative estimate of drug-likeness (QED) is 0.197. The van der Waals surface area contributed by atoms with E-state index in [1.54, 1.807) is 6.07 Å². The molecule has 0 saturated carbocycles. The van der Waals surface area contributed by atoms with Gasteiger partial charge in [0.25, 0.3) is 0 Å². The molecule has 230 valence electrons. The highest BCUT2D eigenvalue weighted by Crippen LogP contribution is 2.46. The van der Waals surface area contributed by atoms with E-state index >= 15 is 0 Å². The van der Waals surface area contributed by atoms with Crippen LogP contribution in [0.4, 0.5) is 14.5 Å². The van der Waals surface area contributed by atoms with E-state index in [0.29, 0.717) is 56.0 Å². The molecule has 0 spiro atoms. The van der Waals surface area contributed by atoms with Gasteiger partial charge in [0.15, 0.2) is 0 Å². The summed E-state index contributed by atoms with van der Waals surface area (Å²) in [5.41, 5.74) is 4.61. The molecule has 1 unspecified atom stereocenters. The number of piperazine rings is 1. The first-order valence-corrected chi connectivity index (χ1v) is 16.2. The normalized spacial score (nSPS) is 24.4. The Hall–Kier alpha value is -2.78. The molecule has 1 aromatic heterocycles. The Morgan fingerprint density at radius 3 is 2.70 bits per heavy atom. The molecule has 2 fully saturated rings. The second-order valence-corrected chi connectivity index (χ2v) is 13.6. The zero-order valence-corrected chi connectivity index (χ0v) is 27.5. The molecule has 2 saturated heterocycles. The van der Waals surface area contributed by atoms with Gasteiger partial charge in [-0.05, 0) is 95.2 Å². The molecule has 2 aliphatic heterocycles. The summed E-state index contributed by atoms with van der Waals surface area (Å²) in [6.07, 6.45) is 5.23. The van der Waals surface area contributed by atoms with Crippen LogP contribution in [-0.2, 0) is 21.6 Å². The summed E-state index contributed by atoms with van der Waals surface area (Å²) in [6.45, 7) is 12.1. The number of aromatic nitrogens is 1. The number of nitrogens with zero attached hydrogens (tertiary/aromatic N) is 5. The van der Waals surface area contributed by atoms with Crippen LogP contribution in [-0.4, -0.2) is 72.1 Å². The van der Waals surface area contributed by atoms with Gasteiger partial charge in [0.2, 0.25) is 11.8 Å². The van der Waals surface area contributed by atoms with Crippen LogP contribution in [0.1, 0.15) is 72.5 Å². The number of likely N-dealkylation sites (N-methyl/N-ethyl adjacent to an activating group) is 1. The van der Waals surface area contributed by atoms with E-state index in [1.807, 2.05) is 24.8 Å². The maximum absolute atomic E-state index is 14.8. The number of pyridine rings is 1. The van der Waals surface area contributed by atoms with Gasteiger partial charge in [-0.1, -0.05) is 24.8 Å². The van der Waals surface area contributed by atoms with E-state index in [-0.39, 0.29) is 35.5 Å². The second-order valence-electron chi connectivity index (χ2n) is 12.3. The predicted molar refractivity (Wildman–Crippen MR) is 172 cm³/mol. The molecule has 4 atom stereocenters. The van der Waals surface area contributed by atoms with E-state index in [0.717, 1.165) is 41.9 Å². The summed E-state index contributed by atoms with van der Waals surface area (Å²) in [6, 6.07) is 7.63. The molecule has 0 radical (unpaired) electrons. The molecule has 2 aromatic rings. The molecule has 0 N–H and O–H groups in total.